The summed E-state index contributed by atoms with van der Waals surface area (Å²) in [7, 11) is 0. The smallest absolute Gasteiger partial charge is 0.234 e. The summed E-state index contributed by atoms with van der Waals surface area (Å²) in [4.78, 5) is 27.0. The van der Waals surface area contributed by atoms with Gasteiger partial charge >= 0.3 is 0 Å². The van der Waals surface area contributed by atoms with Gasteiger partial charge in [0, 0.05) is 44.2 Å². The number of carbonyl (C=O) groups is 1. The summed E-state index contributed by atoms with van der Waals surface area (Å²) in [5.74, 6) is 1.23. The van der Waals surface area contributed by atoms with Crippen LogP contribution < -0.4 is 4.90 Å². The average molecular weight is 469 g/mol. The lowest BCUT2D eigenvalue weighted by atomic mass is 9.87. The zero-order valence-electron chi connectivity index (χ0n) is 17.5. The van der Waals surface area contributed by atoms with Gasteiger partial charge in [-0.15, -0.1) is 0 Å². The molecule has 0 radical (unpaired) electrons. The summed E-state index contributed by atoms with van der Waals surface area (Å²) in [6, 6.07) is 12.9. The number of halogens is 2. The lowest BCUT2D eigenvalue weighted by Gasteiger charge is -2.39. The van der Waals surface area contributed by atoms with Crippen LogP contribution in [0, 0.1) is 5.92 Å². The Morgan fingerprint density at radius 3 is 2.53 bits per heavy atom. The van der Waals surface area contributed by atoms with E-state index in [2.05, 4.69) is 20.0 Å². The standard InChI is InChI=1S/C23H22Cl2N6O/c1-15-21(23(32)30-12-10-29(11-13-30)19-4-2-3-8-26-19)22(31-20(28-15)7-9-27-31)16-5-6-17(24)18(25)14-16/h2-9,14,21-22H,10-13H2,1H3. The molecule has 0 saturated carbocycles. The molecule has 2 aliphatic heterocycles. The number of pyridine rings is 1. The molecule has 7 nitrogen and oxygen atoms in total. The van der Waals surface area contributed by atoms with Crippen LogP contribution in [0.25, 0.3) is 0 Å². The predicted molar refractivity (Wildman–Crippen MR) is 126 cm³/mol. The number of hydrogen-bond donors (Lipinski definition) is 0. The van der Waals surface area contributed by atoms with Crippen LogP contribution >= 0.6 is 23.2 Å². The van der Waals surface area contributed by atoms with E-state index in [1.807, 2.05) is 48.2 Å². The molecule has 0 N–H and O–H groups in total. The van der Waals surface area contributed by atoms with Gasteiger partial charge in [0.05, 0.1) is 22.3 Å². The highest BCUT2D eigenvalue weighted by Crippen LogP contribution is 2.38. The Hall–Kier alpha value is -2.90. The molecule has 1 saturated heterocycles. The minimum Gasteiger partial charge on any atom is -0.353 e. The van der Waals surface area contributed by atoms with Crippen LogP contribution in [0.1, 0.15) is 18.5 Å². The Balaban J connectivity index is 1.43. The lowest BCUT2D eigenvalue weighted by molar-refractivity contribution is -0.134. The molecule has 4 heterocycles. The summed E-state index contributed by atoms with van der Waals surface area (Å²) in [5, 5.41) is 5.41. The van der Waals surface area contributed by atoms with Crippen molar-refractivity contribution in [2.45, 2.75) is 13.0 Å². The van der Waals surface area contributed by atoms with Gasteiger partial charge in [-0.3, -0.25) is 4.79 Å². The van der Waals surface area contributed by atoms with Gasteiger partial charge in [0.15, 0.2) is 5.82 Å². The van der Waals surface area contributed by atoms with Gasteiger partial charge in [-0.25, -0.2) is 14.7 Å². The van der Waals surface area contributed by atoms with Gasteiger partial charge in [0.25, 0.3) is 0 Å². The monoisotopic (exact) mass is 468 g/mol. The van der Waals surface area contributed by atoms with Crippen molar-refractivity contribution < 1.29 is 4.79 Å². The number of fused-ring (bicyclic) bond motifs is 1. The largest absolute Gasteiger partial charge is 0.353 e. The van der Waals surface area contributed by atoms with Gasteiger partial charge in [0.1, 0.15) is 11.7 Å². The van der Waals surface area contributed by atoms with Crippen molar-refractivity contribution in [3.63, 3.8) is 0 Å². The molecular formula is C23H22Cl2N6O. The van der Waals surface area contributed by atoms with Gasteiger partial charge in [-0.05, 0) is 36.8 Å². The number of aliphatic imine (C=N–C) groups is 1. The third-order valence-corrected chi connectivity index (χ3v) is 6.82. The number of piperazine rings is 1. The van der Waals surface area contributed by atoms with E-state index < -0.39 is 5.92 Å². The molecule has 164 valence electrons. The molecule has 1 fully saturated rings. The maximum atomic E-state index is 13.8. The van der Waals surface area contributed by atoms with Gasteiger partial charge in [0.2, 0.25) is 5.91 Å². The Bertz CT molecular complexity index is 1170. The van der Waals surface area contributed by atoms with E-state index in [0.717, 1.165) is 36.0 Å². The highest BCUT2D eigenvalue weighted by molar-refractivity contribution is 6.42. The molecule has 9 heteroatoms. The van der Waals surface area contributed by atoms with Gasteiger partial charge in [-0.1, -0.05) is 35.3 Å². The number of nitrogens with zero attached hydrogens (tertiary/aromatic N) is 6. The number of benzene rings is 1. The molecule has 3 aromatic rings. The Morgan fingerprint density at radius 1 is 1.00 bits per heavy atom. The van der Waals surface area contributed by atoms with Crippen LogP contribution in [0.5, 0.6) is 0 Å². The average Bonchev–Trinajstić information content (AvgIpc) is 3.28. The van der Waals surface area contributed by atoms with Crippen LogP contribution in [0.4, 0.5) is 11.6 Å². The first kappa shape index (κ1) is 21.0. The second kappa shape index (κ2) is 8.56. The predicted octanol–water partition coefficient (Wildman–Crippen LogP) is 4.25. The van der Waals surface area contributed by atoms with Crippen LogP contribution in [-0.4, -0.2) is 57.5 Å². The third-order valence-electron chi connectivity index (χ3n) is 6.09. The molecule has 2 aliphatic rings. The van der Waals surface area contributed by atoms with Crippen LogP contribution in [0.3, 0.4) is 0 Å². The van der Waals surface area contributed by atoms with Crippen molar-refractivity contribution >= 4 is 46.5 Å². The molecule has 0 aliphatic carbocycles. The van der Waals surface area contributed by atoms with Crippen molar-refractivity contribution in [2.75, 3.05) is 31.1 Å². The van der Waals surface area contributed by atoms with Crippen molar-refractivity contribution in [1.29, 1.82) is 0 Å². The molecule has 1 amide bonds. The molecule has 2 atom stereocenters. The second-order valence-electron chi connectivity index (χ2n) is 7.98. The summed E-state index contributed by atoms with van der Waals surface area (Å²) in [5.41, 5.74) is 1.65. The molecular weight excluding hydrogens is 447 g/mol. The fourth-order valence-corrected chi connectivity index (χ4v) is 4.77. The number of anilines is 1. The van der Waals surface area contributed by atoms with E-state index in [9.17, 15) is 4.79 Å². The van der Waals surface area contributed by atoms with Gasteiger partial charge < -0.3 is 9.80 Å². The van der Waals surface area contributed by atoms with Crippen LogP contribution in [0.2, 0.25) is 10.0 Å². The van der Waals surface area contributed by atoms with Crippen molar-refractivity contribution in [3.8, 4) is 0 Å². The molecule has 32 heavy (non-hydrogen) atoms. The normalized spacial score (nSPS) is 20.7. The highest BCUT2D eigenvalue weighted by Gasteiger charge is 2.41. The fraction of sp³-hybridized carbons (Fsp3) is 0.304. The van der Waals surface area contributed by atoms with Gasteiger partial charge in [-0.2, -0.15) is 5.10 Å². The summed E-state index contributed by atoms with van der Waals surface area (Å²) >= 11 is 12.5. The van der Waals surface area contributed by atoms with Crippen molar-refractivity contribution in [1.82, 2.24) is 19.7 Å². The quantitative estimate of drug-likeness (QED) is 0.576. The Labute approximate surface area is 196 Å². The van der Waals surface area contributed by atoms with Crippen molar-refractivity contribution in [2.24, 2.45) is 10.9 Å². The zero-order valence-corrected chi connectivity index (χ0v) is 19.0. The molecule has 0 spiro atoms. The maximum absolute atomic E-state index is 13.8. The van der Waals surface area contributed by atoms with E-state index in [1.165, 1.54) is 0 Å². The SMILES string of the molecule is CC1=Nc2ccnn2C(c2ccc(Cl)c(Cl)c2)C1C(=O)N1CCN(c2ccccn2)CC1. The van der Waals surface area contributed by atoms with E-state index in [0.29, 0.717) is 23.1 Å². The van der Waals surface area contributed by atoms with Crippen LogP contribution in [-0.2, 0) is 4.79 Å². The summed E-state index contributed by atoms with van der Waals surface area (Å²) in [6.45, 7) is 4.62. The molecule has 2 aromatic heterocycles. The van der Waals surface area contributed by atoms with Crippen LogP contribution in [0.15, 0.2) is 59.9 Å². The number of amides is 1. The van der Waals surface area contributed by atoms with E-state index >= 15 is 0 Å². The Morgan fingerprint density at radius 2 is 1.81 bits per heavy atom. The molecule has 1 aromatic carbocycles. The topological polar surface area (TPSA) is 66.6 Å². The Kier molecular flexibility index (Phi) is 5.61. The second-order valence-corrected chi connectivity index (χ2v) is 8.80. The zero-order chi connectivity index (χ0) is 22.2. The first-order valence-electron chi connectivity index (χ1n) is 10.5. The van der Waals surface area contributed by atoms with E-state index in [1.54, 1.807) is 23.1 Å². The number of rotatable bonds is 3. The number of hydrogen-bond acceptors (Lipinski definition) is 5. The summed E-state index contributed by atoms with van der Waals surface area (Å²) < 4.78 is 1.80. The highest BCUT2D eigenvalue weighted by atomic mass is 35.5. The van der Waals surface area contributed by atoms with E-state index in [-0.39, 0.29) is 11.9 Å². The first-order valence-corrected chi connectivity index (χ1v) is 11.3. The molecule has 5 rings (SSSR count). The first-order chi connectivity index (χ1) is 15.5. The number of aromatic nitrogens is 3. The number of carbonyl (C=O) groups excluding carboxylic acids is 1. The summed E-state index contributed by atoms with van der Waals surface area (Å²) in [6.07, 6.45) is 3.49. The molecule has 0 bridgehead atoms. The molecule has 2 unspecified atom stereocenters. The van der Waals surface area contributed by atoms with E-state index in [4.69, 9.17) is 23.2 Å². The minimum absolute atomic E-state index is 0.0455. The lowest BCUT2D eigenvalue weighted by Crippen LogP contribution is -2.53. The maximum Gasteiger partial charge on any atom is 0.234 e. The fourth-order valence-electron chi connectivity index (χ4n) is 4.47. The van der Waals surface area contributed by atoms with Crippen molar-refractivity contribution in [3.05, 3.63) is 70.5 Å². The third kappa shape index (κ3) is 3.76. The minimum atomic E-state index is -0.471.